The molecule has 0 amide bonds. The summed E-state index contributed by atoms with van der Waals surface area (Å²) in [5, 5.41) is 0. The summed E-state index contributed by atoms with van der Waals surface area (Å²) in [6.45, 7) is 0. The summed E-state index contributed by atoms with van der Waals surface area (Å²) in [7, 11) is 0. The van der Waals surface area contributed by atoms with Crippen molar-refractivity contribution in [1.29, 1.82) is 0 Å². The van der Waals surface area contributed by atoms with Crippen LogP contribution in [-0.4, -0.2) is 12.1 Å². The first-order valence-corrected chi connectivity index (χ1v) is 4.88. The lowest BCUT2D eigenvalue weighted by Crippen LogP contribution is -2.31. The normalized spacial score (nSPS) is 23.2. The van der Waals surface area contributed by atoms with E-state index in [2.05, 4.69) is 0 Å². The van der Waals surface area contributed by atoms with E-state index in [0.717, 1.165) is 11.5 Å². The minimum absolute atomic E-state index is 0.211. The topological polar surface area (TPSA) is 26.3 Å². The Bertz CT molecular complexity index is 471. The van der Waals surface area contributed by atoms with Crippen LogP contribution in [-0.2, 0) is 4.74 Å². The van der Waals surface area contributed by atoms with Gasteiger partial charge in [0.1, 0.15) is 6.10 Å². The van der Waals surface area contributed by atoms with Crippen LogP contribution in [0.4, 0.5) is 0 Å². The number of ether oxygens (including phenoxy) is 1. The van der Waals surface area contributed by atoms with Crippen LogP contribution in [0, 0.1) is 5.92 Å². The number of benzene rings is 1. The fourth-order valence-electron chi connectivity index (χ4n) is 1.96. The van der Waals surface area contributed by atoms with Gasteiger partial charge in [0.25, 0.3) is 0 Å². The molecule has 0 fully saturated rings. The van der Waals surface area contributed by atoms with E-state index in [4.69, 9.17) is 4.74 Å². The Hall–Kier alpha value is -1.83. The van der Waals surface area contributed by atoms with Gasteiger partial charge >= 0.3 is 5.97 Å². The smallest absolute Gasteiger partial charge is 0.339 e. The van der Waals surface area contributed by atoms with Crippen LogP contribution in [0.2, 0.25) is 0 Å². The van der Waals surface area contributed by atoms with Gasteiger partial charge in [0, 0.05) is 0 Å². The fraction of sp³-hybridized carbons (Fsp3) is 0.0769. The monoisotopic (exact) mass is 197 g/mol. The first-order valence-electron chi connectivity index (χ1n) is 4.88. The average molecular weight is 197 g/mol. The Morgan fingerprint density at radius 1 is 1.07 bits per heavy atom. The van der Waals surface area contributed by atoms with Crippen LogP contribution >= 0.6 is 0 Å². The summed E-state index contributed by atoms with van der Waals surface area (Å²) in [6, 6.07) is 7.55. The SMILES string of the molecule is O=C1O[C@@H]2C=CC=C[C]2c2ccccc21. The van der Waals surface area contributed by atoms with Crippen LogP contribution in [0.25, 0.3) is 0 Å². The van der Waals surface area contributed by atoms with Crippen molar-refractivity contribution in [2.75, 3.05) is 0 Å². The molecule has 0 N–H and O–H groups in total. The molecule has 0 saturated carbocycles. The Morgan fingerprint density at radius 3 is 2.73 bits per heavy atom. The Balaban J connectivity index is 2.16. The molecule has 1 radical (unpaired) electrons. The zero-order chi connectivity index (χ0) is 10.3. The second-order valence-corrected chi connectivity index (χ2v) is 3.57. The van der Waals surface area contributed by atoms with E-state index in [1.807, 2.05) is 42.5 Å². The maximum absolute atomic E-state index is 11.6. The Morgan fingerprint density at radius 2 is 1.87 bits per heavy atom. The summed E-state index contributed by atoms with van der Waals surface area (Å²) in [5.74, 6) is 0.826. The van der Waals surface area contributed by atoms with Gasteiger partial charge in [-0.2, -0.15) is 0 Å². The molecule has 73 valence electrons. The molecule has 1 aliphatic carbocycles. The molecule has 1 atom stereocenters. The highest BCUT2D eigenvalue weighted by atomic mass is 16.5. The molecule has 15 heavy (non-hydrogen) atoms. The number of hydrogen-bond donors (Lipinski definition) is 0. The van der Waals surface area contributed by atoms with Crippen molar-refractivity contribution >= 4 is 5.97 Å². The number of hydrogen-bond acceptors (Lipinski definition) is 2. The first-order chi connectivity index (χ1) is 7.36. The van der Waals surface area contributed by atoms with Crippen molar-refractivity contribution in [2.45, 2.75) is 6.10 Å². The summed E-state index contributed by atoms with van der Waals surface area (Å²) in [6.07, 6.45) is 7.54. The van der Waals surface area contributed by atoms with Gasteiger partial charge in [-0.25, -0.2) is 4.79 Å². The fourth-order valence-corrected chi connectivity index (χ4v) is 1.96. The minimum atomic E-state index is -0.237. The van der Waals surface area contributed by atoms with Crippen molar-refractivity contribution in [3.8, 4) is 0 Å². The van der Waals surface area contributed by atoms with Gasteiger partial charge in [0.15, 0.2) is 0 Å². The zero-order valence-corrected chi connectivity index (χ0v) is 8.01. The lowest BCUT2D eigenvalue weighted by Gasteiger charge is -2.29. The Kier molecular flexibility index (Phi) is 1.75. The van der Waals surface area contributed by atoms with E-state index >= 15 is 0 Å². The number of carbonyl (C=O) groups is 1. The van der Waals surface area contributed by atoms with Gasteiger partial charge in [-0.15, -0.1) is 0 Å². The molecule has 2 heteroatoms. The maximum Gasteiger partial charge on any atom is 0.339 e. The van der Waals surface area contributed by atoms with Crippen LogP contribution < -0.4 is 0 Å². The van der Waals surface area contributed by atoms with E-state index in [9.17, 15) is 4.79 Å². The van der Waals surface area contributed by atoms with Crippen molar-refractivity contribution < 1.29 is 9.53 Å². The highest BCUT2D eigenvalue weighted by Crippen LogP contribution is 2.33. The molecule has 1 aromatic rings. The maximum atomic E-state index is 11.6. The number of carbonyl (C=O) groups excluding carboxylic acids is 1. The molecule has 3 rings (SSSR count). The molecule has 2 aliphatic rings. The summed E-state index contributed by atoms with van der Waals surface area (Å²) in [4.78, 5) is 11.6. The molecule has 0 saturated heterocycles. The van der Waals surface area contributed by atoms with Crippen LogP contribution in [0.3, 0.4) is 0 Å². The molecule has 1 heterocycles. The van der Waals surface area contributed by atoms with Gasteiger partial charge in [-0.3, -0.25) is 0 Å². The molecule has 0 spiro atoms. The third-order valence-electron chi connectivity index (χ3n) is 2.67. The predicted octanol–water partition coefficient (Wildman–Crippen LogP) is 2.27. The standard InChI is InChI=1S/C13H9O2/c14-13-11-7-2-1-5-9(11)10-6-3-4-8-12(10)15-13/h1-8,12H/t12-/m1/s1. The van der Waals surface area contributed by atoms with Gasteiger partial charge in [-0.05, 0) is 17.7 Å². The molecule has 0 aromatic heterocycles. The third kappa shape index (κ3) is 1.22. The molecule has 1 aromatic carbocycles. The van der Waals surface area contributed by atoms with Gasteiger partial charge < -0.3 is 4.74 Å². The lowest BCUT2D eigenvalue weighted by molar-refractivity contribution is 0.0400. The van der Waals surface area contributed by atoms with Gasteiger partial charge in [0.05, 0.1) is 11.5 Å². The molecule has 0 bridgehead atoms. The molecule has 2 nitrogen and oxygen atoms in total. The van der Waals surface area contributed by atoms with Gasteiger partial charge in [-0.1, -0.05) is 36.4 Å². The highest BCUT2D eigenvalue weighted by molar-refractivity contribution is 5.94. The highest BCUT2D eigenvalue weighted by Gasteiger charge is 2.33. The van der Waals surface area contributed by atoms with E-state index < -0.39 is 0 Å². The van der Waals surface area contributed by atoms with Crippen molar-refractivity contribution in [3.63, 3.8) is 0 Å². The van der Waals surface area contributed by atoms with Crippen LogP contribution in [0.5, 0.6) is 0 Å². The van der Waals surface area contributed by atoms with E-state index in [0.29, 0.717) is 5.56 Å². The third-order valence-corrected chi connectivity index (χ3v) is 2.67. The Labute approximate surface area is 87.9 Å². The second-order valence-electron chi connectivity index (χ2n) is 3.57. The van der Waals surface area contributed by atoms with Crippen LogP contribution in [0.1, 0.15) is 15.9 Å². The second kappa shape index (κ2) is 3.09. The number of esters is 1. The van der Waals surface area contributed by atoms with E-state index in [1.54, 1.807) is 6.07 Å². The van der Waals surface area contributed by atoms with Gasteiger partial charge in [0.2, 0.25) is 0 Å². The quantitative estimate of drug-likeness (QED) is 0.596. The largest absolute Gasteiger partial charge is 0.453 e. The number of rotatable bonds is 0. The molecular formula is C13H9O2. The molecular weight excluding hydrogens is 188 g/mol. The molecule has 0 unspecified atom stereocenters. The van der Waals surface area contributed by atoms with Crippen molar-refractivity contribution in [3.05, 3.63) is 65.6 Å². The first kappa shape index (κ1) is 8.48. The summed E-state index contributed by atoms with van der Waals surface area (Å²) < 4.78 is 5.30. The summed E-state index contributed by atoms with van der Waals surface area (Å²) >= 11 is 0. The van der Waals surface area contributed by atoms with Crippen molar-refractivity contribution in [2.24, 2.45) is 0 Å². The van der Waals surface area contributed by atoms with Crippen molar-refractivity contribution in [1.82, 2.24) is 0 Å². The summed E-state index contributed by atoms with van der Waals surface area (Å²) in [5.41, 5.74) is 1.64. The zero-order valence-electron chi connectivity index (χ0n) is 8.01. The number of fused-ring (bicyclic) bond motifs is 3. The average Bonchev–Trinajstić information content (AvgIpc) is 2.30. The lowest BCUT2D eigenvalue weighted by atomic mass is 9.85. The minimum Gasteiger partial charge on any atom is -0.453 e. The molecule has 1 aliphatic heterocycles. The predicted molar refractivity (Wildman–Crippen MR) is 56.3 cm³/mol. The van der Waals surface area contributed by atoms with Crippen LogP contribution in [0.15, 0.2) is 48.6 Å². The number of allylic oxidation sites excluding steroid dienone is 2. The van der Waals surface area contributed by atoms with E-state index in [-0.39, 0.29) is 12.1 Å². The van der Waals surface area contributed by atoms with E-state index in [1.165, 1.54) is 0 Å².